The topological polar surface area (TPSA) is 88.2 Å². The number of morpholine rings is 1. The van der Waals surface area contributed by atoms with E-state index in [4.69, 9.17) is 9.57 Å². The molecule has 1 N–H and O–H groups in total. The van der Waals surface area contributed by atoms with Crippen LogP contribution in [0.5, 0.6) is 0 Å². The molecular formula is C17H21N3O5. The molecule has 2 heterocycles. The first-order chi connectivity index (χ1) is 12.2. The van der Waals surface area contributed by atoms with Crippen molar-refractivity contribution in [2.75, 3.05) is 46.0 Å². The molecular weight excluding hydrogens is 326 g/mol. The summed E-state index contributed by atoms with van der Waals surface area (Å²) in [7, 11) is 0. The Morgan fingerprint density at radius 2 is 1.72 bits per heavy atom. The predicted octanol–water partition coefficient (Wildman–Crippen LogP) is 0.0527. The maximum Gasteiger partial charge on any atom is 0.261 e. The smallest absolute Gasteiger partial charge is 0.261 e. The lowest BCUT2D eigenvalue weighted by Gasteiger charge is -2.26. The molecule has 1 saturated heterocycles. The van der Waals surface area contributed by atoms with Crippen LogP contribution in [0, 0.1) is 0 Å². The minimum atomic E-state index is -0.362. The quantitative estimate of drug-likeness (QED) is 0.426. The van der Waals surface area contributed by atoms with Crippen molar-refractivity contribution in [2.24, 2.45) is 0 Å². The van der Waals surface area contributed by atoms with Gasteiger partial charge in [-0.15, -0.1) is 0 Å². The van der Waals surface area contributed by atoms with Gasteiger partial charge in [0.15, 0.2) is 0 Å². The summed E-state index contributed by atoms with van der Waals surface area (Å²) in [6, 6.07) is 6.65. The first-order valence-corrected chi connectivity index (χ1v) is 8.33. The first-order valence-electron chi connectivity index (χ1n) is 8.33. The van der Waals surface area contributed by atoms with Crippen LogP contribution >= 0.6 is 0 Å². The molecule has 3 amide bonds. The highest BCUT2D eigenvalue weighted by molar-refractivity contribution is 6.21. The van der Waals surface area contributed by atoms with Crippen molar-refractivity contribution in [1.82, 2.24) is 15.3 Å². The number of carbonyl (C=O) groups is 3. The zero-order chi connectivity index (χ0) is 17.6. The number of rotatable bonds is 7. The molecule has 8 heteroatoms. The third kappa shape index (κ3) is 4.22. The van der Waals surface area contributed by atoms with Gasteiger partial charge in [0.2, 0.25) is 5.91 Å². The van der Waals surface area contributed by atoms with Crippen molar-refractivity contribution in [3.05, 3.63) is 35.4 Å². The summed E-state index contributed by atoms with van der Waals surface area (Å²) in [5.41, 5.74) is 3.12. The summed E-state index contributed by atoms with van der Waals surface area (Å²) in [6.07, 6.45) is 0.00300. The van der Waals surface area contributed by atoms with Crippen molar-refractivity contribution in [1.29, 1.82) is 0 Å². The van der Waals surface area contributed by atoms with Gasteiger partial charge in [0.1, 0.15) is 0 Å². The summed E-state index contributed by atoms with van der Waals surface area (Å²) < 4.78 is 5.25. The van der Waals surface area contributed by atoms with Gasteiger partial charge in [-0.3, -0.25) is 29.0 Å². The van der Waals surface area contributed by atoms with Crippen LogP contribution in [0.3, 0.4) is 0 Å². The van der Waals surface area contributed by atoms with Gasteiger partial charge in [0.05, 0.1) is 30.9 Å². The van der Waals surface area contributed by atoms with E-state index < -0.39 is 0 Å². The fourth-order valence-electron chi connectivity index (χ4n) is 2.84. The van der Waals surface area contributed by atoms with Gasteiger partial charge in [-0.05, 0) is 12.1 Å². The van der Waals surface area contributed by atoms with E-state index >= 15 is 0 Å². The third-order valence-electron chi connectivity index (χ3n) is 4.24. The number of nitrogens with zero attached hydrogens (tertiary/aromatic N) is 2. The van der Waals surface area contributed by atoms with Crippen LogP contribution in [-0.4, -0.2) is 73.5 Å². The van der Waals surface area contributed by atoms with Crippen LogP contribution < -0.4 is 5.48 Å². The molecule has 1 aromatic rings. The van der Waals surface area contributed by atoms with E-state index in [-0.39, 0.29) is 30.7 Å². The second-order valence-electron chi connectivity index (χ2n) is 5.89. The zero-order valence-corrected chi connectivity index (χ0v) is 13.9. The third-order valence-corrected chi connectivity index (χ3v) is 4.24. The minimum absolute atomic E-state index is 0.00300. The summed E-state index contributed by atoms with van der Waals surface area (Å²) in [6.45, 7) is 4.26. The van der Waals surface area contributed by atoms with Crippen molar-refractivity contribution in [2.45, 2.75) is 6.42 Å². The summed E-state index contributed by atoms with van der Waals surface area (Å²) >= 11 is 0. The molecule has 25 heavy (non-hydrogen) atoms. The Labute approximate surface area is 145 Å². The van der Waals surface area contributed by atoms with E-state index in [2.05, 4.69) is 10.4 Å². The zero-order valence-electron chi connectivity index (χ0n) is 13.9. The number of imide groups is 1. The number of ether oxygens (including phenoxy) is 1. The largest absolute Gasteiger partial charge is 0.379 e. The molecule has 0 spiro atoms. The van der Waals surface area contributed by atoms with Crippen LogP contribution in [0.1, 0.15) is 27.1 Å². The van der Waals surface area contributed by atoms with Gasteiger partial charge >= 0.3 is 0 Å². The highest BCUT2D eigenvalue weighted by Gasteiger charge is 2.34. The molecule has 2 aliphatic rings. The normalized spacial score (nSPS) is 17.7. The molecule has 0 unspecified atom stereocenters. The van der Waals surface area contributed by atoms with Crippen molar-refractivity contribution in [3.63, 3.8) is 0 Å². The average molecular weight is 347 g/mol. The van der Waals surface area contributed by atoms with Gasteiger partial charge in [-0.25, -0.2) is 5.48 Å². The van der Waals surface area contributed by atoms with Gasteiger partial charge in [0, 0.05) is 32.6 Å². The number of nitrogens with one attached hydrogen (secondary N) is 1. The molecule has 3 rings (SSSR count). The molecule has 8 nitrogen and oxygen atoms in total. The Morgan fingerprint density at radius 3 is 2.36 bits per heavy atom. The maximum absolute atomic E-state index is 12.2. The molecule has 0 bridgehead atoms. The molecule has 0 aromatic heterocycles. The molecule has 1 aromatic carbocycles. The van der Waals surface area contributed by atoms with Crippen LogP contribution in [0.4, 0.5) is 0 Å². The highest BCUT2D eigenvalue weighted by atomic mass is 16.7. The fourth-order valence-corrected chi connectivity index (χ4v) is 2.84. The van der Waals surface area contributed by atoms with Gasteiger partial charge in [0.25, 0.3) is 11.8 Å². The van der Waals surface area contributed by atoms with Gasteiger partial charge in [-0.1, -0.05) is 12.1 Å². The number of hydrogen-bond donors (Lipinski definition) is 1. The second-order valence-corrected chi connectivity index (χ2v) is 5.89. The Balaban J connectivity index is 1.37. The second kappa shape index (κ2) is 8.19. The number of hydroxylamine groups is 1. The van der Waals surface area contributed by atoms with Gasteiger partial charge in [-0.2, -0.15) is 0 Å². The molecule has 0 atom stereocenters. The lowest BCUT2D eigenvalue weighted by atomic mass is 10.1. The number of amides is 3. The Hall–Kier alpha value is -2.29. The number of carbonyl (C=O) groups excluding carboxylic acids is 3. The number of hydrogen-bond acceptors (Lipinski definition) is 6. The van der Waals surface area contributed by atoms with E-state index in [0.717, 1.165) is 18.0 Å². The standard InChI is InChI=1S/C17H21N3O5/c21-15(18-25-12-9-19-7-10-24-11-8-19)5-6-20-16(22)13-3-1-2-4-14(13)17(20)23/h1-4H,5-12H2,(H,18,21). The summed E-state index contributed by atoms with van der Waals surface area (Å²) in [4.78, 5) is 44.6. The molecule has 0 aliphatic carbocycles. The van der Waals surface area contributed by atoms with Crippen LogP contribution in [0.2, 0.25) is 0 Å². The monoisotopic (exact) mass is 347 g/mol. The highest BCUT2D eigenvalue weighted by Crippen LogP contribution is 2.22. The molecule has 0 saturated carbocycles. The number of benzene rings is 1. The molecule has 2 aliphatic heterocycles. The lowest BCUT2D eigenvalue weighted by molar-refractivity contribution is -0.134. The van der Waals surface area contributed by atoms with E-state index in [1.54, 1.807) is 24.3 Å². The lowest BCUT2D eigenvalue weighted by Crippen LogP contribution is -2.39. The Kier molecular flexibility index (Phi) is 5.75. The SMILES string of the molecule is O=C(CCN1C(=O)c2ccccc2C1=O)NOCCN1CCOCC1. The van der Waals surface area contributed by atoms with E-state index in [9.17, 15) is 14.4 Å². The first kappa shape index (κ1) is 17.5. The minimum Gasteiger partial charge on any atom is -0.379 e. The van der Waals surface area contributed by atoms with Crippen LogP contribution in [0.25, 0.3) is 0 Å². The molecule has 134 valence electrons. The van der Waals surface area contributed by atoms with Crippen molar-refractivity contribution in [3.8, 4) is 0 Å². The summed E-state index contributed by atoms with van der Waals surface area (Å²) in [5.74, 6) is -1.08. The number of fused-ring (bicyclic) bond motifs is 1. The van der Waals surface area contributed by atoms with Crippen molar-refractivity contribution >= 4 is 17.7 Å². The van der Waals surface area contributed by atoms with E-state index in [1.165, 1.54) is 0 Å². The van der Waals surface area contributed by atoms with Crippen LogP contribution in [0.15, 0.2) is 24.3 Å². The van der Waals surface area contributed by atoms with E-state index in [1.807, 2.05) is 0 Å². The molecule has 1 fully saturated rings. The molecule has 0 radical (unpaired) electrons. The average Bonchev–Trinajstić information content (AvgIpc) is 2.89. The van der Waals surface area contributed by atoms with Gasteiger partial charge < -0.3 is 4.74 Å². The Bertz CT molecular complexity index is 622. The van der Waals surface area contributed by atoms with E-state index in [0.29, 0.717) is 37.5 Å². The Morgan fingerprint density at radius 1 is 1.08 bits per heavy atom. The predicted molar refractivity (Wildman–Crippen MR) is 87.8 cm³/mol. The van der Waals surface area contributed by atoms with Crippen LogP contribution in [-0.2, 0) is 14.4 Å². The fraction of sp³-hybridized carbons (Fsp3) is 0.471. The van der Waals surface area contributed by atoms with Crippen molar-refractivity contribution < 1.29 is 24.0 Å². The summed E-state index contributed by atoms with van der Waals surface area (Å²) in [5, 5.41) is 0. The maximum atomic E-state index is 12.2.